The van der Waals surface area contributed by atoms with Gasteiger partial charge in [-0.15, -0.1) is 0 Å². The van der Waals surface area contributed by atoms with Crippen molar-refractivity contribution in [3.8, 4) is 0 Å². The summed E-state index contributed by atoms with van der Waals surface area (Å²) < 4.78 is 41.8. The van der Waals surface area contributed by atoms with Crippen LogP contribution in [0.25, 0.3) is 11.2 Å². The highest BCUT2D eigenvalue weighted by molar-refractivity contribution is 7.53. The van der Waals surface area contributed by atoms with Gasteiger partial charge in [-0.1, -0.05) is 13.3 Å². The Morgan fingerprint density at radius 2 is 1.56 bits per heavy atom. The van der Waals surface area contributed by atoms with Crippen molar-refractivity contribution in [3.63, 3.8) is 0 Å². The van der Waals surface area contributed by atoms with Gasteiger partial charge in [-0.3, -0.25) is 23.2 Å². The Hall–Kier alpha value is -2.60. The molecular weight excluding hydrogens is 529 g/mol. The van der Waals surface area contributed by atoms with Crippen LogP contribution in [-0.2, 0) is 37.4 Å². The Morgan fingerprint density at radius 3 is 2.08 bits per heavy atom. The van der Waals surface area contributed by atoms with E-state index in [1.165, 1.54) is 6.33 Å². The Bertz CT molecular complexity index is 1110. The monoisotopic (exact) mass is 571 g/mol. The quantitative estimate of drug-likeness (QED) is 0.134. The molecule has 14 heteroatoms. The first-order valence-corrected chi connectivity index (χ1v) is 14.6. The molecule has 1 unspecified atom stereocenters. The van der Waals surface area contributed by atoms with Crippen molar-refractivity contribution in [2.45, 2.75) is 73.8 Å². The number of nitrogens with zero attached hydrogens (tertiary/aromatic N) is 4. The van der Waals surface area contributed by atoms with Gasteiger partial charge in [-0.25, -0.2) is 15.0 Å². The van der Waals surface area contributed by atoms with Gasteiger partial charge in [-0.05, 0) is 54.4 Å². The van der Waals surface area contributed by atoms with Crippen LogP contribution in [0.5, 0.6) is 0 Å². The summed E-state index contributed by atoms with van der Waals surface area (Å²) in [5.41, 5.74) is -0.163. The van der Waals surface area contributed by atoms with E-state index in [1.54, 1.807) is 54.9 Å². The van der Waals surface area contributed by atoms with Gasteiger partial charge >= 0.3 is 19.5 Å². The van der Waals surface area contributed by atoms with E-state index in [2.05, 4.69) is 27.2 Å². The number of anilines is 1. The molecule has 0 saturated carbocycles. The lowest BCUT2D eigenvalue weighted by Gasteiger charge is -2.22. The van der Waals surface area contributed by atoms with Gasteiger partial charge in [0.05, 0.1) is 17.2 Å². The first-order chi connectivity index (χ1) is 18.2. The second kappa shape index (κ2) is 14.2. The molecule has 2 heterocycles. The molecule has 0 amide bonds. The molecule has 0 spiro atoms. The minimum atomic E-state index is -3.95. The molecule has 0 aliphatic carbocycles. The van der Waals surface area contributed by atoms with Gasteiger partial charge in [-0.2, -0.15) is 0 Å². The Morgan fingerprint density at radius 1 is 0.974 bits per heavy atom. The van der Waals surface area contributed by atoms with E-state index in [0.717, 1.165) is 12.8 Å². The standard InChI is InChI=1S/C25H42N5O8P/c1-9-10-18(30-14-29-19-20(26-8)27-13-28-21(19)30)11-12-34-17-39(33,37-15-35-22(31)24(2,3)4)38-16-36-23(32)25(5,6)7/h13-14,18H,9-12,15-17H2,1-8H3,(H,26,27,28). The molecule has 0 aliphatic heterocycles. The Kier molecular flexibility index (Phi) is 11.8. The number of hydrogen-bond acceptors (Lipinski definition) is 12. The highest BCUT2D eigenvalue weighted by Gasteiger charge is 2.30. The molecular formula is C25H42N5O8P. The van der Waals surface area contributed by atoms with Crippen LogP contribution in [0.1, 0.15) is 73.8 Å². The molecule has 2 aromatic rings. The van der Waals surface area contributed by atoms with E-state index in [0.29, 0.717) is 23.4 Å². The maximum absolute atomic E-state index is 13.3. The molecule has 0 aromatic carbocycles. The van der Waals surface area contributed by atoms with Crippen molar-refractivity contribution < 1.29 is 37.4 Å². The summed E-state index contributed by atoms with van der Waals surface area (Å²) >= 11 is 0. The molecule has 0 aliphatic rings. The minimum absolute atomic E-state index is 0.0151. The molecule has 2 aromatic heterocycles. The number of esters is 2. The van der Waals surface area contributed by atoms with Crippen molar-refractivity contribution in [1.82, 2.24) is 19.5 Å². The number of ether oxygens (including phenoxy) is 3. The molecule has 1 atom stereocenters. The molecule has 0 bridgehead atoms. The fraction of sp³-hybridized carbons (Fsp3) is 0.720. The Balaban J connectivity index is 2.03. The van der Waals surface area contributed by atoms with Gasteiger partial charge in [0, 0.05) is 19.7 Å². The summed E-state index contributed by atoms with van der Waals surface area (Å²) in [6.07, 6.45) is 5.10. The van der Waals surface area contributed by atoms with Gasteiger partial charge < -0.3 is 24.1 Å². The van der Waals surface area contributed by atoms with Crippen LogP contribution in [0.2, 0.25) is 0 Å². The third kappa shape index (κ3) is 9.82. The molecule has 220 valence electrons. The molecule has 0 saturated heterocycles. The summed E-state index contributed by atoms with van der Waals surface area (Å²) in [4.78, 5) is 37.2. The van der Waals surface area contributed by atoms with Crippen LogP contribution in [0, 0.1) is 10.8 Å². The third-order valence-corrected chi connectivity index (χ3v) is 7.06. The fourth-order valence-electron chi connectivity index (χ4n) is 3.32. The molecule has 13 nitrogen and oxygen atoms in total. The van der Waals surface area contributed by atoms with Crippen LogP contribution >= 0.6 is 7.60 Å². The van der Waals surface area contributed by atoms with Crippen molar-refractivity contribution >= 4 is 36.5 Å². The smallest absolute Gasteiger partial charge is 0.361 e. The largest absolute Gasteiger partial charge is 0.438 e. The highest BCUT2D eigenvalue weighted by Crippen LogP contribution is 2.48. The lowest BCUT2D eigenvalue weighted by molar-refractivity contribution is -0.162. The summed E-state index contributed by atoms with van der Waals surface area (Å²) in [6, 6.07) is 0.0151. The molecule has 1 N–H and O–H groups in total. The second-order valence-corrected chi connectivity index (χ2v) is 13.0. The highest BCUT2D eigenvalue weighted by atomic mass is 31.2. The second-order valence-electron chi connectivity index (χ2n) is 11.0. The van der Waals surface area contributed by atoms with Crippen LogP contribution in [0.4, 0.5) is 5.82 Å². The van der Waals surface area contributed by atoms with Crippen LogP contribution < -0.4 is 5.32 Å². The minimum Gasteiger partial charge on any atom is -0.438 e. The van der Waals surface area contributed by atoms with E-state index in [4.69, 9.17) is 23.3 Å². The van der Waals surface area contributed by atoms with Gasteiger partial charge in [0.25, 0.3) is 0 Å². The van der Waals surface area contributed by atoms with Crippen molar-refractivity contribution in [2.75, 3.05) is 38.9 Å². The lowest BCUT2D eigenvalue weighted by atomic mass is 9.98. The van der Waals surface area contributed by atoms with E-state index < -0.39 is 50.3 Å². The van der Waals surface area contributed by atoms with Gasteiger partial charge in [0.1, 0.15) is 18.2 Å². The number of imidazole rings is 1. The zero-order valence-corrected chi connectivity index (χ0v) is 25.1. The molecule has 0 fully saturated rings. The predicted molar refractivity (Wildman–Crippen MR) is 145 cm³/mol. The van der Waals surface area contributed by atoms with Crippen LogP contribution in [0.3, 0.4) is 0 Å². The van der Waals surface area contributed by atoms with Crippen molar-refractivity contribution in [3.05, 3.63) is 12.7 Å². The average Bonchev–Trinajstić information content (AvgIpc) is 3.29. The number of hydrogen-bond donors (Lipinski definition) is 1. The fourth-order valence-corrected chi connectivity index (χ4v) is 4.32. The van der Waals surface area contributed by atoms with Gasteiger partial charge in [0.15, 0.2) is 11.5 Å². The molecule has 39 heavy (non-hydrogen) atoms. The van der Waals surface area contributed by atoms with Crippen molar-refractivity contribution in [1.29, 1.82) is 0 Å². The number of carbonyl (C=O) groups excluding carboxylic acids is 2. The topological polar surface area (TPSA) is 153 Å². The maximum Gasteiger partial charge on any atom is 0.361 e. The number of rotatable bonds is 15. The van der Waals surface area contributed by atoms with Crippen LogP contribution in [0.15, 0.2) is 12.7 Å². The van der Waals surface area contributed by atoms with Crippen molar-refractivity contribution in [2.24, 2.45) is 10.8 Å². The first kappa shape index (κ1) is 32.6. The summed E-state index contributed by atoms with van der Waals surface area (Å²) in [5, 5.41) is 3.01. The number of carbonyl (C=O) groups is 2. The number of aromatic nitrogens is 4. The summed E-state index contributed by atoms with van der Waals surface area (Å²) in [5.74, 6) is -0.427. The summed E-state index contributed by atoms with van der Waals surface area (Å²) in [6.45, 7) is 11.2. The van der Waals surface area contributed by atoms with E-state index in [1.807, 2.05) is 4.57 Å². The zero-order valence-electron chi connectivity index (χ0n) is 24.2. The van der Waals surface area contributed by atoms with Gasteiger partial charge in [0.2, 0.25) is 13.6 Å². The van der Waals surface area contributed by atoms with E-state index in [-0.39, 0.29) is 12.6 Å². The molecule has 2 rings (SSSR count). The molecule has 0 radical (unpaired) electrons. The van der Waals surface area contributed by atoms with E-state index >= 15 is 0 Å². The normalized spacial score (nSPS) is 13.3. The number of fused-ring (bicyclic) bond motifs is 1. The first-order valence-electron chi connectivity index (χ1n) is 12.9. The van der Waals surface area contributed by atoms with E-state index in [9.17, 15) is 14.2 Å². The zero-order chi connectivity index (χ0) is 29.3. The number of nitrogens with one attached hydrogen (secondary N) is 1. The average molecular weight is 572 g/mol. The SMILES string of the molecule is CCCC(CCOCP(=O)(OCOC(=O)C(C)(C)C)OCOC(=O)C(C)(C)C)n1cnc2c(NC)ncnc21. The third-order valence-electron chi connectivity index (χ3n) is 5.56. The lowest BCUT2D eigenvalue weighted by Crippen LogP contribution is -2.25. The van der Waals surface area contributed by atoms with Crippen LogP contribution in [-0.4, -0.2) is 65.0 Å². The maximum atomic E-state index is 13.3. The summed E-state index contributed by atoms with van der Waals surface area (Å²) in [7, 11) is -2.17. The Labute approximate surface area is 229 Å². The predicted octanol–water partition coefficient (Wildman–Crippen LogP) is 4.89.